The third kappa shape index (κ3) is 4.32. The lowest BCUT2D eigenvalue weighted by Crippen LogP contribution is -2.42. The van der Waals surface area contributed by atoms with Crippen LogP contribution in [0.5, 0.6) is 0 Å². The van der Waals surface area contributed by atoms with E-state index < -0.39 is 0 Å². The van der Waals surface area contributed by atoms with Crippen LogP contribution in [0, 0.1) is 5.92 Å². The minimum atomic E-state index is 0.269. The van der Waals surface area contributed by atoms with Crippen molar-refractivity contribution in [3.8, 4) is 0 Å². The maximum absolute atomic E-state index is 12.3. The van der Waals surface area contributed by atoms with Gasteiger partial charge in [0.05, 0.1) is 13.1 Å². The van der Waals surface area contributed by atoms with E-state index >= 15 is 0 Å². The minimum Gasteiger partial charge on any atom is -0.337 e. The van der Waals surface area contributed by atoms with E-state index in [2.05, 4.69) is 30.2 Å². The highest BCUT2D eigenvalue weighted by atomic mass is 32.1. The molecule has 0 saturated carbocycles. The van der Waals surface area contributed by atoms with Gasteiger partial charge >= 0.3 is 0 Å². The summed E-state index contributed by atoms with van der Waals surface area (Å²) in [7, 11) is 0. The molecule has 1 fully saturated rings. The first-order valence-electron chi connectivity index (χ1n) is 7.21. The van der Waals surface area contributed by atoms with Crippen molar-refractivity contribution in [3.63, 3.8) is 0 Å². The van der Waals surface area contributed by atoms with Gasteiger partial charge in [-0.15, -0.1) is 11.3 Å². The van der Waals surface area contributed by atoms with Crippen molar-refractivity contribution in [2.45, 2.75) is 33.2 Å². The molecule has 4 heteroatoms. The maximum atomic E-state index is 12.3. The van der Waals surface area contributed by atoms with Gasteiger partial charge in [-0.3, -0.25) is 9.69 Å². The summed E-state index contributed by atoms with van der Waals surface area (Å²) >= 11 is 1.72. The molecule has 1 aromatic heterocycles. The molecular weight excluding hydrogens is 256 g/mol. The third-order valence-electron chi connectivity index (χ3n) is 3.90. The lowest BCUT2D eigenvalue weighted by atomic mass is 9.99. The van der Waals surface area contributed by atoms with Crippen LogP contribution in [0.4, 0.5) is 0 Å². The van der Waals surface area contributed by atoms with Crippen LogP contribution in [0.15, 0.2) is 17.5 Å². The van der Waals surface area contributed by atoms with Crippen LogP contribution in [0.3, 0.4) is 0 Å². The first-order valence-corrected chi connectivity index (χ1v) is 8.09. The van der Waals surface area contributed by atoms with Crippen LogP contribution >= 0.6 is 11.3 Å². The molecule has 2 rings (SSSR count). The number of rotatable bonds is 5. The molecule has 1 aliphatic rings. The Kier molecular flexibility index (Phi) is 5.40. The van der Waals surface area contributed by atoms with Gasteiger partial charge in [0.1, 0.15) is 0 Å². The van der Waals surface area contributed by atoms with Crippen molar-refractivity contribution < 1.29 is 4.79 Å². The molecule has 0 N–H and O–H groups in total. The van der Waals surface area contributed by atoms with Crippen molar-refractivity contribution in [2.24, 2.45) is 5.92 Å². The largest absolute Gasteiger partial charge is 0.337 e. The number of nitrogens with zero attached hydrogens (tertiary/aromatic N) is 2. The van der Waals surface area contributed by atoms with Crippen molar-refractivity contribution in [3.05, 3.63) is 22.4 Å². The number of carbonyl (C=O) groups excluding carboxylic acids is 1. The topological polar surface area (TPSA) is 23.6 Å². The second-order valence-corrected chi connectivity index (χ2v) is 6.48. The molecule has 0 unspecified atom stereocenters. The highest BCUT2D eigenvalue weighted by Gasteiger charge is 2.20. The highest BCUT2D eigenvalue weighted by molar-refractivity contribution is 7.09. The van der Waals surface area contributed by atoms with Crippen LogP contribution < -0.4 is 0 Å². The number of likely N-dealkylation sites (N-methyl/N-ethyl adjacent to an activating group) is 1. The number of hydrogen-bond acceptors (Lipinski definition) is 3. The van der Waals surface area contributed by atoms with Gasteiger partial charge in [0.25, 0.3) is 0 Å². The molecule has 106 valence electrons. The summed E-state index contributed by atoms with van der Waals surface area (Å²) in [6.45, 7) is 8.65. The Hall–Kier alpha value is -0.870. The van der Waals surface area contributed by atoms with Gasteiger partial charge in [-0.1, -0.05) is 13.0 Å². The van der Waals surface area contributed by atoms with E-state index in [1.54, 1.807) is 11.3 Å². The summed E-state index contributed by atoms with van der Waals surface area (Å²) in [5.41, 5.74) is 0. The number of carbonyl (C=O) groups is 1. The molecule has 1 amide bonds. The summed E-state index contributed by atoms with van der Waals surface area (Å²) in [6.07, 6.45) is 2.45. The van der Waals surface area contributed by atoms with Gasteiger partial charge in [-0.05, 0) is 50.2 Å². The second kappa shape index (κ2) is 7.06. The first-order chi connectivity index (χ1) is 9.19. The van der Waals surface area contributed by atoms with Gasteiger partial charge in [-0.2, -0.15) is 0 Å². The van der Waals surface area contributed by atoms with Crippen molar-refractivity contribution in [1.82, 2.24) is 9.80 Å². The normalized spacial score (nSPS) is 17.6. The van der Waals surface area contributed by atoms with Crippen molar-refractivity contribution in [1.29, 1.82) is 0 Å². The van der Waals surface area contributed by atoms with E-state index in [1.165, 1.54) is 17.7 Å². The zero-order valence-electron chi connectivity index (χ0n) is 12.0. The van der Waals surface area contributed by atoms with E-state index in [-0.39, 0.29) is 5.91 Å². The Morgan fingerprint density at radius 1 is 1.47 bits per heavy atom. The highest BCUT2D eigenvalue weighted by Crippen LogP contribution is 2.16. The number of piperidine rings is 1. The average molecular weight is 280 g/mol. The monoisotopic (exact) mass is 280 g/mol. The van der Waals surface area contributed by atoms with E-state index in [9.17, 15) is 4.79 Å². The fourth-order valence-electron chi connectivity index (χ4n) is 2.48. The number of amides is 1. The Labute approximate surface area is 120 Å². The zero-order valence-corrected chi connectivity index (χ0v) is 12.8. The van der Waals surface area contributed by atoms with Gasteiger partial charge in [0.15, 0.2) is 0 Å². The Morgan fingerprint density at radius 3 is 2.79 bits per heavy atom. The molecular formula is C15H24N2OS. The zero-order chi connectivity index (χ0) is 13.7. The van der Waals surface area contributed by atoms with Crippen LogP contribution in [0.25, 0.3) is 0 Å². The maximum Gasteiger partial charge on any atom is 0.237 e. The summed E-state index contributed by atoms with van der Waals surface area (Å²) in [5.74, 6) is 1.09. The van der Waals surface area contributed by atoms with Gasteiger partial charge < -0.3 is 4.90 Å². The molecule has 0 aliphatic carbocycles. The predicted octanol–water partition coefficient (Wildman–Crippen LogP) is 2.83. The van der Waals surface area contributed by atoms with Crippen LogP contribution in [-0.4, -0.2) is 41.9 Å². The van der Waals surface area contributed by atoms with Crippen LogP contribution in [0.1, 0.15) is 31.6 Å². The summed E-state index contributed by atoms with van der Waals surface area (Å²) in [6, 6.07) is 4.15. The number of likely N-dealkylation sites (tertiary alicyclic amines) is 1. The number of hydrogen-bond donors (Lipinski definition) is 0. The standard InChI is InChI=1S/C15H24N2OS/c1-3-17(11-14-5-4-10-19-14)15(18)12-16-8-6-13(2)7-9-16/h4-5,10,13H,3,6-9,11-12H2,1-2H3. The van der Waals surface area contributed by atoms with Crippen molar-refractivity contribution >= 4 is 17.2 Å². The second-order valence-electron chi connectivity index (χ2n) is 5.45. The quantitative estimate of drug-likeness (QED) is 0.828. The lowest BCUT2D eigenvalue weighted by Gasteiger charge is -2.31. The molecule has 19 heavy (non-hydrogen) atoms. The van der Waals surface area contributed by atoms with Crippen LogP contribution in [-0.2, 0) is 11.3 Å². The molecule has 3 nitrogen and oxygen atoms in total. The number of thiophene rings is 1. The molecule has 2 heterocycles. The van der Waals surface area contributed by atoms with E-state index in [0.717, 1.165) is 32.1 Å². The Morgan fingerprint density at radius 2 is 2.21 bits per heavy atom. The summed E-state index contributed by atoms with van der Waals surface area (Å²) < 4.78 is 0. The van der Waals surface area contributed by atoms with E-state index in [4.69, 9.17) is 0 Å². The molecule has 0 aromatic carbocycles. The fourth-order valence-corrected chi connectivity index (χ4v) is 3.20. The lowest BCUT2D eigenvalue weighted by molar-refractivity contribution is -0.133. The fraction of sp³-hybridized carbons (Fsp3) is 0.667. The van der Waals surface area contributed by atoms with Gasteiger partial charge in [0, 0.05) is 11.4 Å². The first kappa shape index (κ1) is 14.5. The van der Waals surface area contributed by atoms with Gasteiger partial charge in [0.2, 0.25) is 5.91 Å². The third-order valence-corrected chi connectivity index (χ3v) is 4.76. The molecule has 1 saturated heterocycles. The molecule has 0 atom stereocenters. The molecule has 0 bridgehead atoms. The molecule has 0 spiro atoms. The van der Waals surface area contributed by atoms with E-state index in [0.29, 0.717) is 6.54 Å². The van der Waals surface area contributed by atoms with E-state index in [1.807, 2.05) is 11.0 Å². The average Bonchev–Trinajstić information content (AvgIpc) is 2.91. The summed E-state index contributed by atoms with van der Waals surface area (Å²) in [4.78, 5) is 17.9. The molecule has 1 aromatic rings. The van der Waals surface area contributed by atoms with Crippen LogP contribution in [0.2, 0.25) is 0 Å². The molecule has 1 aliphatic heterocycles. The predicted molar refractivity (Wildman–Crippen MR) is 80.2 cm³/mol. The Bertz CT molecular complexity index is 383. The SMILES string of the molecule is CCN(Cc1cccs1)C(=O)CN1CCC(C)CC1. The van der Waals surface area contributed by atoms with Crippen molar-refractivity contribution in [2.75, 3.05) is 26.2 Å². The smallest absolute Gasteiger partial charge is 0.237 e. The summed E-state index contributed by atoms with van der Waals surface area (Å²) in [5, 5.41) is 2.07. The Balaban J connectivity index is 1.83. The molecule has 0 radical (unpaired) electrons. The minimum absolute atomic E-state index is 0.269. The van der Waals surface area contributed by atoms with Gasteiger partial charge in [-0.25, -0.2) is 0 Å².